The molecule has 0 atom stereocenters. The first-order valence-corrected chi connectivity index (χ1v) is 6.64. The third-order valence-corrected chi connectivity index (χ3v) is 3.67. The van der Waals surface area contributed by atoms with Crippen LogP contribution in [0.25, 0.3) is 0 Å². The van der Waals surface area contributed by atoms with Gasteiger partial charge in [0.25, 0.3) is 0 Å². The molecule has 0 aliphatic carbocycles. The summed E-state index contributed by atoms with van der Waals surface area (Å²) in [5, 5.41) is 12.4. The predicted octanol–water partition coefficient (Wildman–Crippen LogP) is 1.34. The second kappa shape index (κ2) is 7.51. The molecule has 0 unspecified atom stereocenters. The number of piperazine rings is 1. The van der Waals surface area contributed by atoms with E-state index in [0.717, 1.165) is 31.1 Å². The molecule has 4 nitrogen and oxygen atoms in total. The third kappa shape index (κ3) is 4.40. The van der Waals surface area contributed by atoms with Crippen molar-refractivity contribution in [1.29, 1.82) is 0 Å². The van der Waals surface area contributed by atoms with E-state index in [1.807, 2.05) is 17.0 Å². The van der Waals surface area contributed by atoms with Gasteiger partial charge in [-0.3, -0.25) is 4.79 Å². The predicted molar refractivity (Wildman–Crippen MR) is 75.5 cm³/mol. The van der Waals surface area contributed by atoms with Gasteiger partial charge in [0.05, 0.1) is 5.75 Å². The Hall–Kier alpha value is -0.910. The molecule has 1 heterocycles. The van der Waals surface area contributed by atoms with Crippen molar-refractivity contribution < 1.29 is 9.90 Å². The first kappa shape index (κ1) is 15.1. The lowest BCUT2D eigenvalue weighted by Crippen LogP contribution is -2.47. The number of nitrogens with zero attached hydrogens (tertiary/aromatic N) is 1. The number of hydrogen-bond acceptors (Lipinski definition) is 4. The lowest BCUT2D eigenvalue weighted by Gasteiger charge is -2.27. The van der Waals surface area contributed by atoms with Gasteiger partial charge in [-0.1, -0.05) is 0 Å². The molecule has 2 rings (SSSR count). The summed E-state index contributed by atoms with van der Waals surface area (Å²) in [4.78, 5) is 14.8. The number of thioether (sulfide) groups is 1. The Labute approximate surface area is 117 Å². The summed E-state index contributed by atoms with van der Waals surface area (Å²) >= 11 is 1.51. The van der Waals surface area contributed by atoms with E-state index in [4.69, 9.17) is 5.11 Å². The molecule has 18 heavy (non-hydrogen) atoms. The number of halogens is 1. The van der Waals surface area contributed by atoms with Crippen molar-refractivity contribution in [2.45, 2.75) is 4.90 Å². The van der Waals surface area contributed by atoms with E-state index in [0.29, 0.717) is 5.75 Å². The maximum atomic E-state index is 11.9. The minimum Gasteiger partial charge on any atom is -0.508 e. The molecule has 1 aromatic carbocycles. The molecule has 0 bridgehead atoms. The highest BCUT2D eigenvalue weighted by Crippen LogP contribution is 2.20. The van der Waals surface area contributed by atoms with Crippen LogP contribution in [0.4, 0.5) is 0 Å². The Kier molecular flexibility index (Phi) is 6.32. The Morgan fingerprint density at radius 3 is 2.50 bits per heavy atom. The van der Waals surface area contributed by atoms with E-state index in [9.17, 15) is 4.79 Å². The second-order valence-corrected chi connectivity index (χ2v) is 4.96. The Morgan fingerprint density at radius 2 is 1.89 bits per heavy atom. The molecule has 100 valence electrons. The van der Waals surface area contributed by atoms with E-state index in [1.54, 1.807) is 12.1 Å². The SMILES string of the molecule is Cl.O=C(CSc1ccc(O)cc1)N1CCNCC1. The van der Waals surface area contributed by atoms with Crippen LogP contribution in [0.1, 0.15) is 0 Å². The quantitative estimate of drug-likeness (QED) is 0.824. The minimum absolute atomic E-state index is 0. The number of carbonyl (C=O) groups is 1. The molecule has 2 N–H and O–H groups in total. The van der Waals surface area contributed by atoms with Crippen LogP contribution in [0.5, 0.6) is 5.75 Å². The molecule has 1 fully saturated rings. The van der Waals surface area contributed by atoms with Gasteiger partial charge >= 0.3 is 0 Å². The van der Waals surface area contributed by atoms with E-state index in [-0.39, 0.29) is 24.1 Å². The molecule has 1 aromatic rings. The maximum Gasteiger partial charge on any atom is 0.233 e. The van der Waals surface area contributed by atoms with Crippen molar-refractivity contribution in [3.8, 4) is 5.75 Å². The fraction of sp³-hybridized carbons (Fsp3) is 0.417. The third-order valence-electron chi connectivity index (χ3n) is 2.67. The van der Waals surface area contributed by atoms with Crippen LogP contribution in [0.15, 0.2) is 29.2 Å². The summed E-state index contributed by atoms with van der Waals surface area (Å²) in [6.07, 6.45) is 0. The average molecular weight is 289 g/mol. The topological polar surface area (TPSA) is 52.6 Å². The summed E-state index contributed by atoms with van der Waals surface area (Å²) in [6.45, 7) is 3.37. The molecule has 0 radical (unpaired) electrons. The molecule has 1 saturated heterocycles. The number of nitrogens with one attached hydrogen (secondary N) is 1. The number of carbonyl (C=O) groups excluding carboxylic acids is 1. The van der Waals surface area contributed by atoms with Gasteiger partial charge in [-0.2, -0.15) is 0 Å². The minimum atomic E-state index is 0. The average Bonchev–Trinajstić information content (AvgIpc) is 2.39. The van der Waals surface area contributed by atoms with Gasteiger partial charge in [0, 0.05) is 31.1 Å². The van der Waals surface area contributed by atoms with Crippen molar-refractivity contribution >= 4 is 30.1 Å². The number of amides is 1. The molecule has 0 spiro atoms. The van der Waals surface area contributed by atoms with Gasteiger partial charge in [-0.05, 0) is 24.3 Å². The van der Waals surface area contributed by atoms with Crippen molar-refractivity contribution in [2.24, 2.45) is 0 Å². The number of phenols is 1. The van der Waals surface area contributed by atoms with Crippen LogP contribution >= 0.6 is 24.2 Å². The highest BCUT2D eigenvalue weighted by Gasteiger charge is 2.15. The molecule has 1 aliphatic heterocycles. The fourth-order valence-corrected chi connectivity index (χ4v) is 2.49. The first-order chi connectivity index (χ1) is 8.25. The summed E-state index contributed by atoms with van der Waals surface area (Å²) in [5.41, 5.74) is 0. The van der Waals surface area contributed by atoms with Crippen molar-refractivity contribution in [3.05, 3.63) is 24.3 Å². The van der Waals surface area contributed by atoms with E-state index in [2.05, 4.69) is 5.32 Å². The number of benzene rings is 1. The van der Waals surface area contributed by atoms with Gasteiger partial charge in [0.2, 0.25) is 5.91 Å². The van der Waals surface area contributed by atoms with E-state index < -0.39 is 0 Å². The normalized spacial score (nSPS) is 15.0. The zero-order valence-corrected chi connectivity index (χ0v) is 11.6. The summed E-state index contributed by atoms with van der Waals surface area (Å²) < 4.78 is 0. The van der Waals surface area contributed by atoms with Gasteiger partial charge in [0.1, 0.15) is 5.75 Å². The summed E-state index contributed by atoms with van der Waals surface area (Å²) in [7, 11) is 0. The molecule has 1 amide bonds. The van der Waals surface area contributed by atoms with E-state index in [1.165, 1.54) is 11.8 Å². The number of aromatic hydroxyl groups is 1. The molecule has 0 aromatic heterocycles. The lowest BCUT2D eigenvalue weighted by atomic mass is 10.3. The standard InChI is InChI=1S/C12H16N2O2S.ClH/c15-10-1-3-11(4-2-10)17-9-12(16)14-7-5-13-6-8-14;/h1-4,13,15H,5-9H2;1H. The molecule has 1 aliphatic rings. The summed E-state index contributed by atoms with van der Waals surface area (Å²) in [5.74, 6) is 0.900. The fourth-order valence-electron chi connectivity index (χ4n) is 1.69. The largest absolute Gasteiger partial charge is 0.508 e. The zero-order chi connectivity index (χ0) is 12.1. The Bertz CT molecular complexity index is 380. The van der Waals surface area contributed by atoms with Gasteiger partial charge in [-0.25, -0.2) is 0 Å². The zero-order valence-electron chi connectivity index (χ0n) is 9.96. The van der Waals surface area contributed by atoms with Crippen molar-refractivity contribution in [1.82, 2.24) is 10.2 Å². The highest BCUT2D eigenvalue weighted by atomic mass is 35.5. The van der Waals surface area contributed by atoms with Crippen LogP contribution in [0.3, 0.4) is 0 Å². The molecule has 0 saturated carbocycles. The van der Waals surface area contributed by atoms with Gasteiger partial charge < -0.3 is 15.3 Å². The molecular formula is C12H17ClN2O2S. The monoisotopic (exact) mass is 288 g/mol. The maximum absolute atomic E-state index is 11.9. The summed E-state index contributed by atoms with van der Waals surface area (Å²) in [6, 6.07) is 6.92. The molecule has 6 heteroatoms. The van der Waals surface area contributed by atoms with E-state index >= 15 is 0 Å². The first-order valence-electron chi connectivity index (χ1n) is 5.66. The van der Waals surface area contributed by atoms with Crippen LogP contribution < -0.4 is 5.32 Å². The molecular weight excluding hydrogens is 272 g/mol. The van der Waals surface area contributed by atoms with Crippen molar-refractivity contribution in [2.75, 3.05) is 31.9 Å². The number of hydrogen-bond donors (Lipinski definition) is 2. The smallest absolute Gasteiger partial charge is 0.233 e. The van der Waals surface area contributed by atoms with Crippen LogP contribution in [-0.4, -0.2) is 47.8 Å². The lowest BCUT2D eigenvalue weighted by molar-refractivity contribution is -0.128. The number of rotatable bonds is 3. The highest BCUT2D eigenvalue weighted by molar-refractivity contribution is 8.00. The Balaban J connectivity index is 0.00000162. The Morgan fingerprint density at radius 1 is 1.28 bits per heavy atom. The van der Waals surface area contributed by atoms with Crippen molar-refractivity contribution in [3.63, 3.8) is 0 Å². The van der Waals surface area contributed by atoms with Crippen LogP contribution in [0, 0.1) is 0 Å². The van der Waals surface area contributed by atoms with Gasteiger partial charge in [0.15, 0.2) is 0 Å². The second-order valence-electron chi connectivity index (χ2n) is 3.91. The van der Waals surface area contributed by atoms with Crippen LogP contribution in [0.2, 0.25) is 0 Å². The number of phenolic OH excluding ortho intramolecular Hbond substituents is 1. The van der Waals surface area contributed by atoms with Gasteiger partial charge in [-0.15, -0.1) is 24.2 Å². The van der Waals surface area contributed by atoms with Crippen LogP contribution in [-0.2, 0) is 4.79 Å².